The van der Waals surface area contributed by atoms with Gasteiger partial charge in [-0.25, -0.2) is 19.7 Å². The molecule has 4 rings (SSSR count). The number of nitrogen functional groups attached to an aromatic ring is 1. The van der Waals surface area contributed by atoms with E-state index in [0.717, 1.165) is 4.83 Å². The van der Waals surface area contributed by atoms with Crippen molar-refractivity contribution in [1.29, 1.82) is 0 Å². The van der Waals surface area contributed by atoms with Gasteiger partial charge in [-0.3, -0.25) is 0 Å². The highest BCUT2D eigenvalue weighted by atomic mass is 32.1. The minimum absolute atomic E-state index is 0.0419. The maximum absolute atomic E-state index is 12.8. The van der Waals surface area contributed by atoms with Gasteiger partial charge < -0.3 is 25.6 Å². The first-order chi connectivity index (χ1) is 14.8. The quantitative estimate of drug-likeness (QED) is 0.622. The normalized spacial score (nSPS) is 16.7. The van der Waals surface area contributed by atoms with Crippen molar-refractivity contribution in [1.82, 2.24) is 24.8 Å². The molecular formula is C18H20F2N8O2S. The second kappa shape index (κ2) is 8.41. The third-order valence-corrected chi connectivity index (χ3v) is 5.61. The molecule has 1 saturated heterocycles. The molecule has 1 aliphatic heterocycles. The second-order valence-electron chi connectivity index (χ2n) is 6.99. The van der Waals surface area contributed by atoms with Crippen molar-refractivity contribution in [3.8, 4) is 5.88 Å². The molecule has 1 aliphatic rings. The fourth-order valence-electron chi connectivity index (χ4n) is 3.44. The standard InChI is InChI=1S/C18H20F2N8O2S/c1-9-7-27(18(29)24-11-3-4-12(23-10(11)2)30-16(19)20)5-6-28(9)14-13-15(31-8-22-13)26-17(21)25-14/h3-4,8-9,16H,5-7H2,1-2H3,(H,24,29)(H2,21,25,26)/t9-/m0/s1. The number of carbonyl (C=O) groups is 1. The molecule has 3 aromatic rings. The van der Waals surface area contributed by atoms with Crippen LogP contribution >= 0.6 is 11.3 Å². The Labute approximate surface area is 180 Å². The van der Waals surface area contributed by atoms with Gasteiger partial charge in [-0.05, 0) is 19.9 Å². The first-order valence-electron chi connectivity index (χ1n) is 9.43. The van der Waals surface area contributed by atoms with Gasteiger partial charge in [0.25, 0.3) is 0 Å². The van der Waals surface area contributed by atoms with Crippen LogP contribution in [0.15, 0.2) is 17.6 Å². The Morgan fingerprint density at radius 3 is 2.84 bits per heavy atom. The molecule has 10 nitrogen and oxygen atoms in total. The summed E-state index contributed by atoms with van der Waals surface area (Å²) in [5.41, 5.74) is 9.04. The van der Waals surface area contributed by atoms with Crippen LogP contribution in [0.5, 0.6) is 5.88 Å². The van der Waals surface area contributed by atoms with E-state index < -0.39 is 6.61 Å². The summed E-state index contributed by atoms with van der Waals surface area (Å²) in [6, 6.07) is 2.42. The molecule has 0 spiro atoms. The first-order valence-corrected chi connectivity index (χ1v) is 10.3. The first kappa shape index (κ1) is 20.9. The molecule has 0 radical (unpaired) electrons. The minimum Gasteiger partial charge on any atom is -0.417 e. The van der Waals surface area contributed by atoms with E-state index in [9.17, 15) is 13.6 Å². The number of carbonyl (C=O) groups excluding carboxylic acids is 1. The molecule has 3 aromatic heterocycles. The van der Waals surface area contributed by atoms with E-state index in [1.165, 1.54) is 23.5 Å². The number of amides is 2. The van der Waals surface area contributed by atoms with Crippen LogP contribution in [0.3, 0.4) is 0 Å². The Hall–Kier alpha value is -3.35. The number of nitrogens with zero attached hydrogens (tertiary/aromatic N) is 6. The number of nitrogens with two attached hydrogens (primary N) is 1. The number of fused-ring (bicyclic) bond motifs is 1. The number of aromatic nitrogens is 4. The molecule has 0 unspecified atom stereocenters. The number of halogens is 2. The van der Waals surface area contributed by atoms with Gasteiger partial charge in [0.1, 0.15) is 5.52 Å². The molecule has 0 aliphatic carbocycles. The summed E-state index contributed by atoms with van der Waals surface area (Å²) in [4.78, 5) is 34.1. The maximum Gasteiger partial charge on any atom is 0.388 e. The molecule has 164 valence electrons. The largest absolute Gasteiger partial charge is 0.417 e. The Balaban J connectivity index is 1.44. The van der Waals surface area contributed by atoms with Crippen LogP contribution in [0.2, 0.25) is 0 Å². The fraction of sp³-hybridized carbons (Fsp3) is 0.389. The highest BCUT2D eigenvalue weighted by Gasteiger charge is 2.30. The number of hydrogen-bond acceptors (Lipinski definition) is 9. The van der Waals surface area contributed by atoms with E-state index in [0.29, 0.717) is 42.4 Å². The highest BCUT2D eigenvalue weighted by molar-refractivity contribution is 7.16. The van der Waals surface area contributed by atoms with Crippen molar-refractivity contribution >= 4 is 45.2 Å². The van der Waals surface area contributed by atoms with Crippen LogP contribution in [-0.4, -0.2) is 63.2 Å². The van der Waals surface area contributed by atoms with Gasteiger partial charge >= 0.3 is 12.6 Å². The Morgan fingerprint density at radius 2 is 2.13 bits per heavy atom. The number of pyridine rings is 1. The number of ether oxygens (including phenoxy) is 1. The van der Waals surface area contributed by atoms with Crippen LogP contribution in [0.4, 0.5) is 31.0 Å². The summed E-state index contributed by atoms with van der Waals surface area (Å²) in [5, 5.41) is 2.78. The van der Waals surface area contributed by atoms with E-state index >= 15 is 0 Å². The summed E-state index contributed by atoms with van der Waals surface area (Å²) < 4.78 is 28.9. The van der Waals surface area contributed by atoms with Gasteiger partial charge in [0.15, 0.2) is 10.6 Å². The second-order valence-corrected chi connectivity index (χ2v) is 7.82. The Kier molecular flexibility index (Phi) is 5.67. The topological polar surface area (TPSA) is 122 Å². The molecule has 2 amide bonds. The summed E-state index contributed by atoms with van der Waals surface area (Å²) in [6.07, 6.45) is 0. The average Bonchev–Trinajstić information content (AvgIpc) is 3.17. The summed E-state index contributed by atoms with van der Waals surface area (Å²) in [5.74, 6) is 0.637. The number of nitrogens with one attached hydrogen (secondary N) is 1. The van der Waals surface area contributed by atoms with Gasteiger partial charge in [0.05, 0.1) is 16.9 Å². The van der Waals surface area contributed by atoms with E-state index in [2.05, 4.69) is 34.9 Å². The van der Waals surface area contributed by atoms with Crippen molar-refractivity contribution in [2.24, 2.45) is 0 Å². The van der Waals surface area contributed by atoms with Crippen molar-refractivity contribution < 1.29 is 18.3 Å². The smallest absolute Gasteiger partial charge is 0.388 e. The number of aryl methyl sites for hydroxylation is 1. The summed E-state index contributed by atoms with van der Waals surface area (Å²) in [7, 11) is 0. The van der Waals surface area contributed by atoms with Crippen molar-refractivity contribution in [2.45, 2.75) is 26.5 Å². The van der Waals surface area contributed by atoms with Crippen molar-refractivity contribution in [2.75, 3.05) is 35.6 Å². The lowest BCUT2D eigenvalue weighted by Crippen LogP contribution is -2.55. The van der Waals surface area contributed by atoms with Crippen LogP contribution in [0.1, 0.15) is 12.6 Å². The number of alkyl halides is 2. The van der Waals surface area contributed by atoms with Gasteiger partial charge in [0, 0.05) is 31.7 Å². The van der Waals surface area contributed by atoms with E-state index in [-0.39, 0.29) is 23.9 Å². The van der Waals surface area contributed by atoms with E-state index in [1.807, 2.05) is 6.92 Å². The van der Waals surface area contributed by atoms with Crippen LogP contribution in [0.25, 0.3) is 10.3 Å². The average molecular weight is 450 g/mol. The molecule has 1 atom stereocenters. The van der Waals surface area contributed by atoms with Gasteiger partial charge in [0.2, 0.25) is 11.8 Å². The SMILES string of the molecule is Cc1nc(OC(F)F)ccc1NC(=O)N1CCN(c2nc(N)nc3scnc23)[C@@H](C)C1. The zero-order valence-corrected chi connectivity index (χ0v) is 17.6. The molecular weight excluding hydrogens is 430 g/mol. The Bertz CT molecular complexity index is 1110. The predicted octanol–water partition coefficient (Wildman–Crippen LogP) is 2.72. The van der Waals surface area contributed by atoms with Crippen molar-refractivity contribution in [3.05, 3.63) is 23.3 Å². The third-order valence-electron chi connectivity index (χ3n) is 4.90. The van der Waals surface area contributed by atoms with E-state index in [1.54, 1.807) is 17.3 Å². The maximum atomic E-state index is 12.8. The summed E-state index contributed by atoms with van der Waals surface area (Å²) >= 11 is 1.39. The predicted molar refractivity (Wildman–Crippen MR) is 113 cm³/mol. The number of rotatable bonds is 4. The Morgan fingerprint density at radius 1 is 1.32 bits per heavy atom. The number of thiazole rings is 1. The zero-order valence-electron chi connectivity index (χ0n) is 16.7. The number of anilines is 3. The highest BCUT2D eigenvalue weighted by Crippen LogP contribution is 2.29. The minimum atomic E-state index is -2.96. The molecule has 3 N–H and O–H groups in total. The zero-order chi connectivity index (χ0) is 22.1. The fourth-order valence-corrected chi connectivity index (χ4v) is 4.10. The number of urea groups is 1. The van der Waals surface area contributed by atoms with Crippen molar-refractivity contribution in [3.63, 3.8) is 0 Å². The van der Waals surface area contributed by atoms with Gasteiger partial charge in [-0.15, -0.1) is 11.3 Å². The number of hydrogen-bond donors (Lipinski definition) is 2. The molecule has 0 bridgehead atoms. The molecule has 0 saturated carbocycles. The van der Waals surface area contributed by atoms with Crippen LogP contribution < -0.4 is 20.7 Å². The molecule has 13 heteroatoms. The molecule has 1 fully saturated rings. The van der Waals surface area contributed by atoms with Crippen LogP contribution in [-0.2, 0) is 0 Å². The third kappa shape index (κ3) is 4.40. The molecule has 4 heterocycles. The lowest BCUT2D eigenvalue weighted by molar-refractivity contribution is -0.0529. The van der Waals surface area contributed by atoms with E-state index in [4.69, 9.17) is 5.73 Å². The molecule has 31 heavy (non-hydrogen) atoms. The lowest BCUT2D eigenvalue weighted by atomic mass is 10.2. The van der Waals surface area contributed by atoms with Gasteiger partial charge in [-0.2, -0.15) is 13.8 Å². The van der Waals surface area contributed by atoms with Crippen LogP contribution in [0, 0.1) is 6.92 Å². The monoisotopic (exact) mass is 450 g/mol. The summed E-state index contributed by atoms with van der Waals surface area (Å²) in [6.45, 7) is 2.06. The number of piperazine rings is 1. The van der Waals surface area contributed by atoms with Gasteiger partial charge in [-0.1, -0.05) is 0 Å². The molecule has 0 aromatic carbocycles. The lowest BCUT2D eigenvalue weighted by Gasteiger charge is -2.40.